The third kappa shape index (κ3) is 2.10. The van der Waals surface area contributed by atoms with Crippen LogP contribution in [-0.2, 0) is 13.1 Å². The second-order valence-electron chi connectivity index (χ2n) is 4.70. The van der Waals surface area contributed by atoms with E-state index >= 15 is 0 Å². The fraction of sp³-hybridized carbons (Fsp3) is 0.200. The molecule has 0 unspecified atom stereocenters. The van der Waals surface area contributed by atoms with Crippen molar-refractivity contribution in [2.45, 2.75) is 13.1 Å². The second kappa shape index (κ2) is 4.46. The number of anilines is 2. The molecule has 3 nitrogen and oxygen atoms in total. The highest BCUT2D eigenvalue weighted by molar-refractivity contribution is 5.57. The summed E-state index contributed by atoms with van der Waals surface area (Å²) in [6, 6.07) is 10.9. The number of ether oxygens (including phenoxy) is 1. The molecule has 0 fully saturated rings. The van der Waals surface area contributed by atoms with Gasteiger partial charge < -0.3 is 15.4 Å². The highest BCUT2D eigenvalue weighted by Gasteiger charge is 2.20. The van der Waals surface area contributed by atoms with Crippen LogP contribution in [0.1, 0.15) is 11.1 Å². The average molecular weight is 258 g/mol. The summed E-state index contributed by atoms with van der Waals surface area (Å²) < 4.78 is 18.4. The lowest BCUT2D eigenvalue weighted by atomic mass is 10.1. The summed E-state index contributed by atoms with van der Waals surface area (Å²) in [4.78, 5) is 2.17. The van der Waals surface area contributed by atoms with Crippen molar-refractivity contribution in [2.24, 2.45) is 0 Å². The number of hydrogen-bond donors (Lipinski definition) is 1. The molecule has 1 aliphatic heterocycles. The fourth-order valence-electron chi connectivity index (χ4n) is 2.44. The third-order valence-electron chi connectivity index (χ3n) is 3.45. The molecule has 0 atom stereocenters. The Balaban J connectivity index is 1.90. The molecule has 0 radical (unpaired) electrons. The van der Waals surface area contributed by atoms with Gasteiger partial charge in [-0.15, -0.1) is 0 Å². The highest BCUT2D eigenvalue weighted by Crippen LogP contribution is 2.32. The first-order valence-electron chi connectivity index (χ1n) is 6.13. The Labute approximate surface area is 111 Å². The van der Waals surface area contributed by atoms with Crippen LogP contribution in [0.25, 0.3) is 0 Å². The molecule has 0 amide bonds. The largest absolute Gasteiger partial charge is 0.494 e. The number of nitrogens with zero attached hydrogens (tertiary/aromatic N) is 1. The summed E-state index contributed by atoms with van der Waals surface area (Å²) in [5, 5.41) is 0. The minimum atomic E-state index is -0.341. The van der Waals surface area contributed by atoms with Crippen molar-refractivity contribution >= 4 is 11.4 Å². The Bertz CT molecular complexity index is 628. The first kappa shape index (κ1) is 11.8. The number of nitrogens with two attached hydrogens (primary N) is 1. The lowest BCUT2D eigenvalue weighted by Crippen LogP contribution is -2.14. The first-order chi connectivity index (χ1) is 9.17. The zero-order valence-corrected chi connectivity index (χ0v) is 10.7. The van der Waals surface area contributed by atoms with E-state index in [0.29, 0.717) is 0 Å². The molecule has 3 rings (SSSR count). The van der Waals surface area contributed by atoms with Gasteiger partial charge in [-0.3, -0.25) is 0 Å². The SMILES string of the molecule is COc1cc(N2Cc3ccc(N)cc3C2)ccc1F. The quantitative estimate of drug-likeness (QED) is 0.842. The number of rotatable bonds is 2. The fourth-order valence-corrected chi connectivity index (χ4v) is 2.44. The van der Waals surface area contributed by atoms with Gasteiger partial charge in [-0.1, -0.05) is 6.07 Å². The molecular formula is C15H15FN2O. The molecule has 2 N–H and O–H groups in total. The number of benzene rings is 2. The van der Waals surface area contributed by atoms with E-state index in [1.165, 1.54) is 24.3 Å². The first-order valence-corrected chi connectivity index (χ1v) is 6.13. The van der Waals surface area contributed by atoms with Crippen molar-refractivity contribution in [3.8, 4) is 5.75 Å². The molecular weight excluding hydrogens is 243 g/mol. The third-order valence-corrected chi connectivity index (χ3v) is 3.45. The van der Waals surface area contributed by atoms with E-state index in [1.807, 2.05) is 18.2 Å². The Morgan fingerprint density at radius 2 is 1.89 bits per heavy atom. The number of halogens is 1. The highest BCUT2D eigenvalue weighted by atomic mass is 19.1. The minimum Gasteiger partial charge on any atom is -0.494 e. The molecule has 98 valence electrons. The van der Waals surface area contributed by atoms with Crippen LogP contribution in [0.15, 0.2) is 36.4 Å². The average Bonchev–Trinajstić information content (AvgIpc) is 2.82. The summed E-state index contributed by atoms with van der Waals surface area (Å²) in [5.74, 6) is -0.0693. The van der Waals surface area contributed by atoms with Crippen molar-refractivity contribution < 1.29 is 9.13 Å². The van der Waals surface area contributed by atoms with Gasteiger partial charge in [0.05, 0.1) is 7.11 Å². The normalized spacial score (nSPS) is 13.5. The van der Waals surface area contributed by atoms with Crippen molar-refractivity contribution in [1.82, 2.24) is 0 Å². The molecule has 0 saturated carbocycles. The zero-order valence-electron chi connectivity index (χ0n) is 10.7. The number of nitrogen functional groups attached to an aromatic ring is 1. The van der Waals surface area contributed by atoms with E-state index in [9.17, 15) is 4.39 Å². The van der Waals surface area contributed by atoms with E-state index in [2.05, 4.69) is 4.90 Å². The van der Waals surface area contributed by atoms with Crippen LogP contribution >= 0.6 is 0 Å². The second-order valence-corrected chi connectivity index (χ2v) is 4.70. The maximum absolute atomic E-state index is 13.4. The van der Waals surface area contributed by atoms with Gasteiger partial charge >= 0.3 is 0 Å². The van der Waals surface area contributed by atoms with Gasteiger partial charge in [0, 0.05) is 30.5 Å². The zero-order chi connectivity index (χ0) is 13.4. The Morgan fingerprint density at radius 1 is 1.11 bits per heavy atom. The summed E-state index contributed by atoms with van der Waals surface area (Å²) in [6.07, 6.45) is 0. The molecule has 1 heterocycles. The van der Waals surface area contributed by atoms with Crippen molar-refractivity contribution in [3.05, 3.63) is 53.3 Å². The molecule has 19 heavy (non-hydrogen) atoms. The minimum absolute atomic E-state index is 0.271. The molecule has 2 aromatic carbocycles. The van der Waals surface area contributed by atoms with Gasteiger partial charge in [-0.25, -0.2) is 4.39 Å². The van der Waals surface area contributed by atoms with Gasteiger partial charge in [0.1, 0.15) is 0 Å². The van der Waals surface area contributed by atoms with Crippen LogP contribution in [0.2, 0.25) is 0 Å². The summed E-state index contributed by atoms with van der Waals surface area (Å²) in [5.41, 5.74) is 10.0. The number of methoxy groups -OCH3 is 1. The maximum atomic E-state index is 13.4. The Kier molecular flexibility index (Phi) is 2.78. The number of hydrogen-bond acceptors (Lipinski definition) is 3. The van der Waals surface area contributed by atoms with E-state index in [0.717, 1.165) is 24.5 Å². The van der Waals surface area contributed by atoms with Crippen LogP contribution in [0, 0.1) is 5.82 Å². The van der Waals surface area contributed by atoms with Crippen molar-refractivity contribution in [1.29, 1.82) is 0 Å². The predicted octanol–water partition coefficient (Wildman–Crippen LogP) is 2.94. The standard InChI is InChI=1S/C15H15FN2O/c1-19-15-7-13(4-5-14(15)16)18-8-10-2-3-12(17)6-11(10)9-18/h2-7H,8-9,17H2,1H3. The van der Waals surface area contributed by atoms with Crippen LogP contribution in [0.5, 0.6) is 5.75 Å². The van der Waals surface area contributed by atoms with Gasteiger partial charge in [0.25, 0.3) is 0 Å². The molecule has 0 saturated heterocycles. The molecule has 0 aromatic heterocycles. The summed E-state index contributed by atoms with van der Waals surface area (Å²) >= 11 is 0. The van der Waals surface area contributed by atoms with Crippen LogP contribution in [-0.4, -0.2) is 7.11 Å². The van der Waals surface area contributed by atoms with Gasteiger partial charge in [-0.2, -0.15) is 0 Å². The Morgan fingerprint density at radius 3 is 2.68 bits per heavy atom. The molecule has 0 spiro atoms. The van der Waals surface area contributed by atoms with E-state index in [-0.39, 0.29) is 11.6 Å². The van der Waals surface area contributed by atoms with Crippen LogP contribution in [0.3, 0.4) is 0 Å². The summed E-state index contributed by atoms with van der Waals surface area (Å²) in [7, 11) is 1.47. The van der Waals surface area contributed by atoms with E-state index < -0.39 is 0 Å². The molecule has 1 aliphatic rings. The smallest absolute Gasteiger partial charge is 0.165 e. The van der Waals surface area contributed by atoms with Crippen LogP contribution in [0.4, 0.5) is 15.8 Å². The topological polar surface area (TPSA) is 38.5 Å². The van der Waals surface area contributed by atoms with Crippen molar-refractivity contribution in [2.75, 3.05) is 17.7 Å². The molecule has 2 aromatic rings. The van der Waals surface area contributed by atoms with Gasteiger partial charge in [0.2, 0.25) is 0 Å². The number of fused-ring (bicyclic) bond motifs is 1. The molecule has 0 bridgehead atoms. The maximum Gasteiger partial charge on any atom is 0.165 e. The van der Waals surface area contributed by atoms with E-state index in [1.54, 1.807) is 12.1 Å². The van der Waals surface area contributed by atoms with E-state index in [4.69, 9.17) is 10.5 Å². The lowest BCUT2D eigenvalue weighted by molar-refractivity contribution is 0.386. The Hall–Kier alpha value is -2.23. The predicted molar refractivity (Wildman–Crippen MR) is 73.7 cm³/mol. The van der Waals surface area contributed by atoms with Crippen molar-refractivity contribution in [3.63, 3.8) is 0 Å². The van der Waals surface area contributed by atoms with Gasteiger partial charge in [-0.05, 0) is 35.4 Å². The van der Waals surface area contributed by atoms with Crippen LogP contribution < -0.4 is 15.4 Å². The summed E-state index contributed by atoms with van der Waals surface area (Å²) in [6.45, 7) is 1.60. The van der Waals surface area contributed by atoms with Gasteiger partial charge in [0.15, 0.2) is 11.6 Å². The molecule has 0 aliphatic carbocycles. The lowest BCUT2D eigenvalue weighted by Gasteiger charge is -2.18. The monoisotopic (exact) mass is 258 g/mol. The molecule has 4 heteroatoms.